The van der Waals surface area contributed by atoms with E-state index in [1.165, 1.54) is 30.7 Å². The van der Waals surface area contributed by atoms with Crippen LogP contribution in [-0.2, 0) is 15.7 Å². The minimum atomic E-state index is -4.60. The van der Waals surface area contributed by atoms with Gasteiger partial charge in [0.2, 0.25) is 0 Å². The van der Waals surface area contributed by atoms with Crippen molar-refractivity contribution in [1.82, 2.24) is 4.98 Å². The maximum atomic E-state index is 13.1. The third-order valence-corrected chi connectivity index (χ3v) is 4.48. The van der Waals surface area contributed by atoms with E-state index in [2.05, 4.69) is 26.0 Å². The molecule has 0 saturated carbocycles. The molecule has 0 saturated heterocycles. The number of benzene rings is 2. The van der Waals surface area contributed by atoms with Crippen molar-refractivity contribution >= 4 is 39.7 Å². The van der Waals surface area contributed by atoms with E-state index in [9.17, 15) is 22.8 Å². The fourth-order valence-corrected chi connectivity index (χ4v) is 2.91. The fourth-order valence-electron chi connectivity index (χ4n) is 2.55. The highest BCUT2D eigenvalue weighted by atomic mass is 79.9. The lowest BCUT2D eigenvalue weighted by atomic mass is 10.2. The van der Waals surface area contributed by atoms with Crippen molar-refractivity contribution in [2.24, 2.45) is 5.10 Å². The van der Waals surface area contributed by atoms with Crippen LogP contribution in [0.4, 0.5) is 18.9 Å². The average Bonchev–Trinajstić information content (AvgIpc) is 2.78. The van der Waals surface area contributed by atoms with Crippen LogP contribution in [0.2, 0.25) is 0 Å². The van der Waals surface area contributed by atoms with Crippen molar-refractivity contribution in [3.63, 3.8) is 0 Å². The third kappa shape index (κ3) is 6.24. The largest absolute Gasteiger partial charge is 0.452 e. The Balaban J connectivity index is 1.84. The molecule has 0 bridgehead atoms. The summed E-state index contributed by atoms with van der Waals surface area (Å²) in [6.07, 6.45) is -0.558. The van der Waals surface area contributed by atoms with Crippen molar-refractivity contribution in [2.45, 2.75) is 6.18 Å². The Morgan fingerprint density at radius 1 is 1.06 bits per heavy atom. The molecule has 1 aromatic heterocycles. The summed E-state index contributed by atoms with van der Waals surface area (Å²) < 4.78 is 45.0. The zero-order chi connectivity index (χ0) is 23.1. The average molecular weight is 506 g/mol. The number of pyridine rings is 1. The predicted octanol–water partition coefficient (Wildman–Crippen LogP) is 5.09. The summed E-state index contributed by atoms with van der Waals surface area (Å²) in [6.45, 7) is -0.742. The predicted molar refractivity (Wildman–Crippen MR) is 115 cm³/mol. The maximum Gasteiger partial charge on any atom is 0.416 e. The van der Waals surface area contributed by atoms with Crippen molar-refractivity contribution in [3.8, 4) is 0 Å². The highest BCUT2D eigenvalue weighted by Gasteiger charge is 2.31. The van der Waals surface area contributed by atoms with E-state index in [4.69, 9.17) is 4.74 Å². The molecule has 164 valence electrons. The molecule has 3 rings (SSSR count). The summed E-state index contributed by atoms with van der Waals surface area (Å²) in [7, 11) is 0. The lowest BCUT2D eigenvalue weighted by Gasteiger charge is -2.18. The van der Waals surface area contributed by atoms with Crippen LogP contribution in [-0.4, -0.2) is 29.7 Å². The molecule has 2 aromatic carbocycles. The highest BCUT2D eigenvalue weighted by Crippen LogP contribution is 2.31. The molecule has 1 heterocycles. The molecule has 0 aliphatic heterocycles. The molecule has 0 fully saturated rings. The molecule has 32 heavy (non-hydrogen) atoms. The van der Waals surface area contributed by atoms with Crippen LogP contribution in [0.3, 0.4) is 0 Å². The number of amides is 1. The van der Waals surface area contributed by atoms with Crippen molar-refractivity contribution in [3.05, 3.63) is 94.2 Å². The molecule has 0 aliphatic carbocycles. The number of hydrogen-bond donors (Lipinski definition) is 0. The first-order valence-corrected chi connectivity index (χ1v) is 9.90. The van der Waals surface area contributed by atoms with Crippen LogP contribution in [0.1, 0.15) is 21.5 Å². The van der Waals surface area contributed by atoms with Gasteiger partial charge in [-0.1, -0.05) is 36.4 Å². The zero-order valence-corrected chi connectivity index (χ0v) is 17.9. The second-order valence-corrected chi connectivity index (χ2v) is 7.29. The Hall–Kier alpha value is -3.53. The number of nitrogens with zero attached hydrogens (tertiary/aromatic N) is 3. The summed E-state index contributed by atoms with van der Waals surface area (Å²) in [5.41, 5.74) is -0.350. The first-order valence-electron chi connectivity index (χ1n) is 9.11. The van der Waals surface area contributed by atoms with Gasteiger partial charge in [-0.25, -0.2) is 4.79 Å². The Labute approximate surface area is 189 Å². The van der Waals surface area contributed by atoms with Crippen LogP contribution < -0.4 is 5.01 Å². The summed E-state index contributed by atoms with van der Waals surface area (Å²) in [6, 6.07) is 14.3. The number of rotatable bonds is 6. The number of hydrogen-bond acceptors (Lipinski definition) is 5. The number of halogens is 4. The molecule has 0 N–H and O–H groups in total. The number of alkyl halides is 3. The van der Waals surface area contributed by atoms with Gasteiger partial charge in [0.25, 0.3) is 5.91 Å². The van der Waals surface area contributed by atoms with E-state index in [0.29, 0.717) is 10.0 Å². The SMILES string of the molecule is O=C(OCC(=O)N(/N=C\c1ccccc1)c1cccc(C(F)(F)F)c1)c1cncc(Br)c1. The molecular weight excluding hydrogens is 491 g/mol. The van der Waals surface area contributed by atoms with Crippen molar-refractivity contribution < 1.29 is 27.5 Å². The first kappa shape index (κ1) is 23.1. The minimum absolute atomic E-state index is 0.102. The molecule has 0 unspecified atom stereocenters. The van der Waals surface area contributed by atoms with Gasteiger partial charge >= 0.3 is 12.1 Å². The van der Waals surface area contributed by atoms with Gasteiger partial charge < -0.3 is 4.74 Å². The van der Waals surface area contributed by atoms with Gasteiger partial charge in [0.05, 0.1) is 23.0 Å². The van der Waals surface area contributed by atoms with E-state index < -0.39 is 30.2 Å². The van der Waals surface area contributed by atoms with Crippen LogP contribution in [0.25, 0.3) is 0 Å². The van der Waals surface area contributed by atoms with Gasteiger partial charge in [-0.3, -0.25) is 9.78 Å². The summed E-state index contributed by atoms with van der Waals surface area (Å²) in [5.74, 6) is -1.66. The van der Waals surface area contributed by atoms with Crippen molar-refractivity contribution in [1.29, 1.82) is 0 Å². The molecule has 10 heteroatoms. The monoisotopic (exact) mass is 505 g/mol. The Morgan fingerprint density at radius 3 is 2.50 bits per heavy atom. The van der Waals surface area contributed by atoms with Gasteiger partial charge in [0.1, 0.15) is 0 Å². The van der Waals surface area contributed by atoms with E-state index in [1.807, 2.05) is 0 Å². The van der Waals surface area contributed by atoms with Gasteiger partial charge in [0.15, 0.2) is 6.61 Å². The van der Waals surface area contributed by atoms with Gasteiger partial charge in [-0.2, -0.15) is 23.3 Å². The second kappa shape index (κ2) is 10.2. The summed E-state index contributed by atoms with van der Waals surface area (Å²) in [5, 5.41) is 4.79. The molecule has 0 spiro atoms. The molecule has 6 nitrogen and oxygen atoms in total. The number of carbonyl (C=O) groups excluding carboxylic acids is 2. The lowest BCUT2D eigenvalue weighted by molar-refractivity contribution is -0.137. The minimum Gasteiger partial charge on any atom is -0.452 e. The van der Waals surface area contributed by atoms with Crippen LogP contribution in [0.5, 0.6) is 0 Å². The Morgan fingerprint density at radius 2 is 1.81 bits per heavy atom. The number of carbonyl (C=O) groups is 2. The van der Waals surface area contributed by atoms with E-state index >= 15 is 0 Å². The number of esters is 1. The highest BCUT2D eigenvalue weighted by molar-refractivity contribution is 9.10. The maximum absolute atomic E-state index is 13.1. The van der Waals surface area contributed by atoms with E-state index in [1.54, 1.807) is 30.3 Å². The Bertz CT molecular complexity index is 1140. The third-order valence-electron chi connectivity index (χ3n) is 4.04. The first-order chi connectivity index (χ1) is 15.2. The normalized spacial score (nSPS) is 11.4. The molecule has 1 amide bonds. The molecule has 3 aromatic rings. The zero-order valence-electron chi connectivity index (χ0n) is 16.3. The number of aromatic nitrogens is 1. The van der Waals surface area contributed by atoms with E-state index in [0.717, 1.165) is 23.2 Å². The number of ether oxygens (including phenoxy) is 1. The number of anilines is 1. The summed E-state index contributed by atoms with van der Waals surface area (Å²) >= 11 is 3.17. The lowest BCUT2D eigenvalue weighted by Crippen LogP contribution is -2.31. The fraction of sp³-hybridized carbons (Fsp3) is 0.0909. The molecular formula is C22H15BrF3N3O3. The van der Waals surface area contributed by atoms with E-state index in [-0.39, 0.29) is 11.3 Å². The van der Waals surface area contributed by atoms with Crippen LogP contribution >= 0.6 is 15.9 Å². The number of hydrazone groups is 1. The topological polar surface area (TPSA) is 71.9 Å². The van der Waals surface area contributed by atoms with Gasteiger partial charge in [-0.05, 0) is 45.8 Å². The second-order valence-electron chi connectivity index (χ2n) is 6.38. The Kier molecular flexibility index (Phi) is 7.37. The van der Waals surface area contributed by atoms with Crippen LogP contribution in [0.15, 0.2) is 82.6 Å². The van der Waals surface area contributed by atoms with Gasteiger partial charge in [0, 0.05) is 16.9 Å². The quantitative estimate of drug-likeness (QED) is 0.266. The van der Waals surface area contributed by atoms with Gasteiger partial charge in [-0.15, -0.1) is 0 Å². The molecule has 0 atom stereocenters. The molecule has 0 radical (unpaired) electrons. The standard InChI is InChI=1S/C22H15BrF3N3O3/c23-18-9-16(12-27-13-18)21(31)32-14-20(30)29(28-11-15-5-2-1-3-6-15)19-8-4-7-17(10-19)22(24,25)26/h1-13H,14H2/b28-11-. The molecule has 0 aliphatic rings. The smallest absolute Gasteiger partial charge is 0.416 e. The van der Waals surface area contributed by atoms with Crippen LogP contribution in [0, 0.1) is 0 Å². The summed E-state index contributed by atoms with van der Waals surface area (Å²) in [4.78, 5) is 28.8. The van der Waals surface area contributed by atoms with Crippen molar-refractivity contribution in [2.75, 3.05) is 11.6 Å².